The molecule has 1 aromatic carbocycles. The van der Waals surface area contributed by atoms with Crippen LogP contribution in [0.3, 0.4) is 0 Å². The van der Waals surface area contributed by atoms with Crippen LogP contribution >= 0.6 is 23.0 Å². The van der Waals surface area contributed by atoms with Crippen molar-refractivity contribution in [1.29, 1.82) is 0 Å². The number of benzene rings is 1. The summed E-state index contributed by atoms with van der Waals surface area (Å²) in [6.07, 6.45) is 17.9. The number of nitrogens with zero attached hydrogens (tertiary/aromatic N) is 4. The number of nitrogens with one attached hydrogen (secondary N) is 1. The van der Waals surface area contributed by atoms with Gasteiger partial charge < -0.3 is 5.32 Å². The number of fused-ring (bicyclic) bond motifs is 5. The van der Waals surface area contributed by atoms with E-state index in [1.165, 1.54) is 25.7 Å². The van der Waals surface area contributed by atoms with Gasteiger partial charge in [-0.1, -0.05) is 57.4 Å². The fourth-order valence-corrected chi connectivity index (χ4v) is 11.9. The average molecular weight is 1210 g/mol. The van der Waals surface area contributed by atoms with E-state index in [0.717, 1.165) is 43.0 Å². The molecule has 6 rings (SSSR count). The molecule has 280 valence electrons. The molecule has 2 aliphatic heterocycles. The Bertz CT molecular complexity index is 1620. The second-order valence-corrected chi connectivity index (χ2v) is 30.9. The number of hydrogen-bond donors (Lipinski definition) is 1. The van der Waals surface area contributed by atoms with Gasteiger partial charge in [-0.3, -0.25) is 0 Å². The third kappa shape index (κ3) is 10.8. The molecule has 1 amide bonds. The summed E-state index contributed by atoms with van der Waals surface area (Å²) in [6.45, 7) is 9.45. The molecule has 2 saturated carbocycles. The first kappa shape index (κ1) is 42.4. The SMILES string of the molecule is C1CCC2CCCC(C1)C2.CC(CO/N=C(/c1nc2ccccc2n(C2CC3CCCC(C2)N3)c1=O)C(C)(C)CC(C)(C)C(=O)OI)C(=O)[N]([Tl])[Tl]. The Labute approximate surface area is 356 Å². The topological polar surface area (TPSA) is 115 Å². The maximum absolute atomic E-state index is 14.5. The van der Waals surface area contributed by atoms with Gasteiger partial charge in [0.2, 0.25) is 0 Å². The second-order valence-electron chi connectivity index (χ2n) is 17.1. The summed E-state index contributed by atoms with van der Waals surface area (Å²) in [5.74, 6) is 1.63. The van der Waals surface area contributed by atoms with Gasteiger partial charge in [0.15, 0.2) is 23.0 Å². The van der Waals surface area contributed by atoms with Gasteiger partial charge in [-0.15, -0.1) is 0 Å². The predicted molar refractivity (Wildman–Crippen MR) is 215 cm³/mol. The molecule has 10 nitrogen and oxygen atoms in total. The number of carbonyl (C=O) groups is 2. The monoisotopic (exact) mass is 1210 g/mol. The number of oxime groups is 1. The Morgan fingerprint density at radius 1 is 0.962 bits per heavy atom. The van der Waals surface area contributed by atoms with E-state index >= 15 is 0 Å². The van der Waals surface area contributed by atoms with Crippen molar-refractivity contribution in [3.63, 3.8) is 0 Å². The van der Waals surface area contributed by atoms with Gasteiger partial charge in [-0.05, 0) is 31.1 Å². The van der Waals surface area contributed by atoms with Crippen LogP contribution in [0.2, 0.25) is 0 Å². The molecule has 4 bridgehead atoms. The zero-order valence-electron chi connectivity index (χ0n) is 31.7. The first-order valence-corrected chi connectivity index (χ1v) is 24.2. The quantitative estimate of drug-likeness (QED) is 0.115. The Morgan fingerprint density at radius 2 is 1.56 bits per heavy atom. The molecule has 5 atom stereocenters. The molecule has 2 aromatic rings. The van der Waals surface area contributed by atoms with Crippen molar-refractivity contribution >= 4 is 104 Å². The Morgan fingerprint density at radius 3 is 2.17 bits per heavy atom. The zero-order chi connectivity index (χ0) is 37.6. The number of amides is 1. The maximum atomic E-state index is 14.5. The molecular weight excluding hydrogens is 1150 g/mol. The number of halogens is 1. The molecule has 3 heterocycles. The summed E-state index contributed by atoms with van der Waals surface area (Å²) in [5, 5.41) is 8.29. The molecule has 0 spiro atoms. The molecular formula is C39H56IN5O5Tl2. The summed E-state index contributed by atoms with van der Waals surface area (Å²) in [5.41, 5.74) is 0.228. The average Bonchev–Trinajstić information content (AvgIpc) is 3.27. The summed E-state index contributed by atoms with van der Waals surface area (Å²) < 4.78 is 8.83. The van der Waals surface area contributed by atoms with E-state index in [2.05, 4.69) is 10.5 Å². The predicted octanol–water partition coefficient (Wildman–Crippen LogP) is 7.30. The molecule has 5 unspecified atom stereocenters. The zero-order valence-corrected chi connectivity index (χ0v) is 42.9. The van der Waals surface area contributed by atoms with E-state index in [9.17, 15) is 14.4 Å². The van der Waals surface area contributed by atoms with E-state index in [1.807, 2.05) is 64.0 Å². The van der Waals surface area contributed by atoms with Crippen molar-refractivity contribution in [2.75, 3.05) is 6.61 Å². The van der Waals surface area contributed by atoms with Crippen molar-refractivity contribution in [3.05, 3.63) is 40.3 Å². The van der Waals surface area contributed by atoms with Crippen LogP contribution in [-0.2, 0) is 17.5 Å². The minimum atomic E-state index is -0.862. The number of aromatic nitrogens is 2. The number of piperidine rings is 2. The van der Waals surface area contributed by atoms with Crippen molar-refractivity contribution in [3.8, 4) is 0 Å². The van der Waals surface area contributed by atoms with Crippen LogP contribution < -0.4 is 10.9 Å². The third-order valence-corrected chi connectivity index (χ3v) is 14.1. The molecule has 4 fully saturated rings. The van der Waals surface area contributed by atoms with Gasteiger partial charge in [0.1, 0.15) is 0 Å². The Hall–Kier alpha value is -0.696. The van der Waals surface area contributed by atoms with E-state index in [1.54, 1.807) is 55.1 Å². The summed E-state index contributed by atoms with van der Waals surface area (Å²) >= 11 is 2.53. The van der Waals surface area contributed by atoms with Crippen molar-refractivity contribution in [2.24, 2.45) is 33.7 Å². The minimum absolute atomic E-state index is 0.0316. The second kappa shape index (κ2) is 19.0. The van der Waals surface area contributed by atoms with E-state index in [0.29, 0.717) is 81.9 Å². The van der Waals surface area contributed by atoms with Crippen LogP contribution in [0.25, 0.3) is 11.0 Å². The molecule has 52 heavy (non-hydrogen) atoms. The number of hydrogen-bond acceptors (Lipinski definition) is 8. The number of para-hydroxylation sites is 2. The first-order valence-electron chi connectivity index (χ1n) is 19.3. The standard InChI is InChI=1S/C29H38IN5O5.C10H18.2Tl/c1-17(25(31)36)15-39-34-24(28(2,3)16-29(4,5)27(38)40-30)23-26(37)35(22-12-7-6-11-21(22)33-23)20-13-18-9-8-10-19(14-20)32-18;1-2-5-10-7-3-6-9(4-1)8-10;;/h6-7,11-12,17-20,32H,8-10,13-16H2,1-5H3;9-10H,1-8H2;;/b34-24-;;;. The normalized spacial score (nSPS) is 25.5. The fraction of sp³-hybridized carbons (Fsp3) is 0.718. The Kier molecular flexibility index (Phi) is 15.5. The van der Waals surface area contributed by atoms with Crippen LogP contribution in [0.5, 0.6) is 0 Å². The van der Waals surface area contributed by atoms with E-state index < -0.39 is 10.8 Å². The van der Waals surface area contributed by atoms with Gasteiger partial charge in [0.25, 0.3) is 0 Å². The molecule has 1 N–H and O–H groups in total. The number of rotatable bonds is 10. The summed E-state index contributed by atoms with van der Waals surface area (Å²) in [6, 6.07) is 8.56. The molecule has 13 heteroatoms. The summed E-state index contributed by atoms with van der Waals surface area (Å²) in [4.78, 5) is 50.5. The molecule has 0 radical (unpaired) electrons. The fourth-order valence-electron chi connectivity index (χ4n) is 9.30. The van der Waals surface area contributed by atoms with Gasteiger partial charge in [0.05, 0.1) is 0 Å². The van der Waals surface area contributed by atoms with Crippen LogP contribution in [0.4, 0.5) is 0 Å². The van der Waals surface area contributed by atoms with Crippen LogP contribution in [0, 0.1) is 28.6 Å². The molecule has 2 saturated heterocycles. The summed E-state index contributed by atoms with van der Waals surface area (Å²) in [7, 11) is 0. The van der Waals surface area contributed by atoms with E-state index in [-0.39, 0.29) is 41.7 Å². The van der Waals surface area contributed by atoms with Gasteiger partial charge in [0, 0.05) is 12.1 Å². The first-order chi connectivity index (χ1) is 24.7. The van der Waals surface area contributed by atoms with Gasteiger partial charge in [-0.25, -0.2) is 0 Å². The van der Waals surface area contributed by atoms with Gasteiger partial charge in [-0.2, -0.15) is 0 Å². The third-order valence-electron chi connectivity index (χ3n) is 11.7. The Balaban J connectivity index is 0.000000444. The van der Waals surface area contributed by atoms with Gasteiger partial charge >= 0.3 is 231 Å². The van der Waals surface area contributed by atoms with Crippen molar-refractivity contribution in [1.82, 2.24) is 15.4 Å². The van der Waals surface area contributed by atoms with Crippen molar-refractivity contribution < 1.29 is 17.5 Å². The van der Waals surface area contributed by atoms with Crippen LogP contribution in [0.1, 0.15) is 136 Å². The van der Waals surface area contributed by atoms with Crippen LogP contribution in [0.15, 0.2) is 34.2 Å². The number of carbonyl (C=O) groups excluding carboxylic acids is 2. The molecule has 4 aliphatic rings. The van der Waals surface area contributed by atoms with Crippen LogP contribution in [-0.4, -0.2) is 98.5 Å². The van der Waals surface area contributed by atoms with E-state index in [4.69, 9.17) is 12.9 Å². The van der Waals surface area contributed by atoms with Crippen molar-refractivity contribution in [2.45, 2.75) is 143 Å². The molecule has 2 aliphatic carbocycles. The molecule has 1 aromatic heterocycles.